The summed E-state index contributed by atoms with van der Waals surface area (Å²) in [6.07, 6.45) is 2.74. The fraction of sp³-hybridized carbons (Fsp3) is 0.579. The number of fused-ring (bicyclic) bond motifs is 1. The van der Waals surface area contributed by atoms with Gasteiger partial charge in [0.05, 0.1) is 31.8 Å². The van der Waals surface area contributed by atoms with E-state index in [0.29, 0.717) is 49.8 Å². The number of quaternary nitrogens is 1. The SMILES string of the molecule is COc1cc2c(cc1OC)C(N)([N+]1(C(=O)C3CCCO3)CCNCC1)N=CN2. The number of nitrogens with one attached hydrogen (secondary N) is 2. The highest BCUT2D eigenvalue weighted by Crippen LogP contribution is 2.44. The molecule has 1 aromatic carbocycles. The third-order valence-electron chi connectivity index (χ3n) is 6.02. The van der Waals surface area contributed by atoms with Crippen molar-refractivity contribution in [3.63, 3.8) is 0 Å². The van der Waals surface area contributed by atoms with Gasteiger partial charge in [-0.1, -0.05) is 0 Å². The molecule has 0 aliphatic carbocycles. The summed E-state index contributed by atoms with van der Waals surface area (Å²) in [5.41, 5.74) is 8.46. The number of hydrogen-bond acceptors (Lipinski definition) is 8. The molecule has 9 heteroatoms. The lowest BCUT2D eigenvalue weighted by Gasteiger charge is -2.50. The lowest BCUT2D eigenvalue weighted by atomic mass is 9.96. The summed E-state index contributed by atoms with van der Waals surface area (Å²) in [4.78, 5) is 18.3. The Morgan fingerprint density at radius 3 is 2.64 bits per heavy atom. The molecule has 2 fully saturated rings. The number of aliphatic imine (C=N–C) groups is 1. The average molecular weight is 390 g/mol. The Bertz CT molecular complexity index is 787. The third kappa shape index (κ3) is 2.77. The van der Waals surface area contributed by atoms with Gasteiger partial charge in [-0.25, -0.2) is 9.28 Å². The minimum Gasteiger partial charge on any atom is -0.493 e. The van der Waals surface area contributed by atoms with Crippen molar-refractivity contribution in [1.29, 1.82) is 0 Å². The maximum Gasteiger partial charge on any atom is 0.346 e. The van der Waals surface area contributed by atoms with Crippen LogP contribution in [0.2, 0.25) is 0 Å². The van der Waals surface area contributed by atoms with Gasteiger partial charge in [0.25, 0.3) is 5.79 Å². The molecule has 2 unspecified atom stereocenters. The maximum atomic E-state index is 13.7. The molecule has 3 heterocycles. The summed E-state index contributed by atoms with van der Waals surface area (Å²) < 4.78 is 16.7. The van der Waals surface area contributed by atoms with E-state index >= 15 is 0 Å². The quantitative estimate of drug-likeness (QED) is 0.637. The van der Waals surface area contributed by atoms with E-state index in [2.05, 4.69) is 15.6 Å². The summed E-state index contributed by atoms with van der Waals surface area (Å²) in [5, 5.41) is 6.46. The van der Waals surface area contributed by atoms with Crippen LogP contribution in [0.4, 0.5) is 5.69 Å². The smallest absolute Gasteiger partial charge is 0.346 e. The molecular formula is C19H28N5O4+. The van der Waals surface area contributed by atoms with Crippen LogP contribution in [0.1, 0.15) is 18.4 Å². The van der Waals surface area contributed by atoms with Gasteiger partial charge < -0.3 is 24.8 Å². The van der Waals surface area contributed by atoms with Crippen LogP contribution >= 0.6 is 0 Å². The number of anilines is 1. The Kier molecular flexibility index (Phi) is 5.00. The van der Waals surface area contributed by atoms with Gasteiger partial charge in [-0.05, 0) is 18.9 Å². The van der Waals surface area contributed by atoms with Crippen LogP contribution in [-0.2, 0) is 15.3 Å². The molecule has 0 bridgehead atoms. The van der Waals surface area contributed by atoms with Crippen molar-refractivity contribution >= 4 is 17.9 Å². The lowest BCUT2D eigenvalue weighted by Crippen LogP contribution is -2.75. The van der Waals surface area contributed by atoms with E-state index in [0.717, 1.165) is 18.5 Å². The van der Waals surface area contributed by atoms with E-state index in [9.17, 15) is 4.79 Å². The number of methoxy groups -OCH3 is 2. The van der Waals surface area contributed by atoms with Crippen LogP contribution in [0, 0.1) is 0 Å². The number of amides is 1. The predicted molar refractivity (Wildman–Crippen MR) is 104 cm³/mol. The first-order valence-electron chi connectivity index (χ1n) is 9.65. The molecule has 3 aliphatic heterocycles. The van der Waals surface area contributed by atoms with Crippen LogP contribution < -0.4 is 25.8 Å². The first-order valence-corrected chi connectivity index (χ1v) is 9.65. The number of piperazine rings is 1. The number of carbonyl (C=O) groups excluding carboxylic acids is 1. The second-order valence-corrected chi connectivity index (χ2v) is 7.39. The van der Waals surface area contributed by atoms with E-state index in [4.69, 9.17) is 19.9 Å². The average Bonchev–Trinajstić information content (AvgIpc) is 3.27. The number of ether oxygens (including phenoxy) is 3. The van der Waals surface area contributed by atoms with Gasteiger partial charge in [0.2, 0.25) is 0 Å². The zero-order valence-electron chi connectivity index (χ0n) is 16.4. The molecule has 0 saturated carbocycles. The number of rotatable bonds is 4. The minimum absolute atomic E-state index is 0.00119. The molecule has 4 rings (SSSR count). The van der Waals surface area contributed by atoms with E-state index in [1.165, 1.54) is 0 Å². The highest BCUT2D eigenvalue weighted by Gasteiger charge is 2.59. The van der Waals surface area contributed by atoms with Gasteiger partial charge in [0.15, 0.2) is 17.6 Å². The molecule has 2 saturated heterocycles. The Hall–Kier alpha value is -2.20. The van der Waals surface area contributed by atoms with Crippen LogP contribution in [0.5, 0.6) is 11.5 Å². The molecule has 1 amide bonds. The Labute approximate surface area is 164 Å². The van der Waals surface area contributed by atoms with Crippen LogP contribution in [0.25, 0.3) is 0 Å². The van der Waals surface area contributed by atoms with Crippen molar-refractivity contribution in [2.45, 2.75) is 24.7 Å². The van der Waals surface area contributed by atoms with Crippen LogP contribution in [-0.4, -0.2) is 69.8 Å². The van der Waals surface area contributed by atoms with E-state index in [1.807, 2.05) is 12.1 Å². The monoisotopic (exact) mass is 390 g/mol. The second-order valence-electron chi connectivity index (χ2n) is 7.39. The fourth-order valence-corrected chi connectivity index (χ4v) is 4.47. The Morgan fingerprint density at radius 1 is 1.29 bits per heavy atom. The van der Waals surface area contributed by atoms with E-state index < -0.39 is 11.9 Å². The Balaban J connectivity index is 1.85. The molecule has 9 nitrogen and oxygen atoms in total. The number of nitrogens with zero attached hydrogens (tertiary/aromatic N) is 2. The van der Waals surface area contributed by atoms with Crippen LogP contribution in [0.15, 0.2) is 17.1 Å². The molecule has 28 heavy (non-hydrogen) atoms. The fourth-order valence-electron chi connectivity index (χ4n) is 4.47. The second kappa shape index (κ2) is 7.32. The van der Waals surface area contributed by atoms with Crippen molar-refractivity contribution < 1.29 is 23.5 Å². The summed E-state index contributed by atoms with van der Waals surface area (Å²) >= 11 is 0. The maximum absolute atomic E-state index is 13.7. The van der Waals surface area contributed by atoms with Crippen LogP contribution in [0.3, 0.4) is 0 Å². The van der Waals surface area contributed by atoms with Gasteiger partial charge in [-0.15, -0.1) is 0 Å². The molecule has 4 N–H and O–H groups in total. The highest BCUT2D eigenvalue weighted by atomic mass is 16.5. The normalized spacial score (nSPS) is 28.3. The zero-order valence-corrected chi connectivity index (χ0v) is 16.4. The number of benzene rings is 1. The molecule has 0 radical (unpaired) electrons. The largest absolute Gasteiger partial charge is 0.493 e. The molecule has 1 aromatic rings. The number of carbonyl (C=O) groups is 1. The molecule has 0 spiro atoms. The molecule has 0 aromatic heterocycles. The summed E-state index contributed by atoms with van der Waals surface area (Å²) in [6, 6.07) is 3.65. The third-order valence-corrected chi connectivity index (χ3v) is 6.02. The molecule has 2 atom stereocenters. The standard InChI is InChI=1S/C19H28N5O4/c1-26-16-10-13-14(11-17(16)27-2)22-12-23-19(13,20)24(7-5-21-6-8-24)18(25)15-4-3-9-28-15/h10-12,15,21H,3-9,20H2,1-2H3,(H,22,23)/q+1. The van der Waals surface area contributed by atoms with Crippen molar-refractivity contribution in [2.24, 2.45) is 10.7 Å². The van der Waals surface area contributed by atoms with E-state index in [1.54, 1.807) is 20.6 Å². The lowest BCUT2D eigenvalue weighted by molar-refractivity contribution is -0.917. The molecule has 3 aliphatic rings. The van der Waals surface area contributed by atoms with Gasteiger partial charge in [-0.2, -0.15) is 4.99 Å². The Morgan fingerprint density at radius 2 is 2.00 bits per heavy atom. The van der Waals surface area contributed by atoms with Crippen molar-refractivity contribution in [2.75, 3.05) is 52.3 Å². The predicted octanol–water partition coefficient (Wildman–Crippen LogP) is 0.352. The minimum atomic E-state index is -1.27. The topological polar surface area (TPSA) is 107 Å². The van der Waals surface area contributed by atoms with Crippen molar-refractivity contribution in [3.8, 4) is 11.5 Å². The van der Waals surface area contributed by atoms with Crippen molar-refractivity contribution in [1.82, 2.24) is 5.32 Å². The summed E-state index contributed by atoms with van der Waals surface area (Å²) in [6.45, 7) is 3.06. The summed E-state index contributed by atoms with van der Waals surface area (Å²) in [5.74, 6) is -0.136. The van der Waals surface area contributed by atoms with Gasteiger partial charge >= 0.3 is 5.91 Å². The molecular weight excluding hydrogens is 362 g/mol. The number of hydrogen-bond donors (Lipinski definition) is 3. The van der Waals surface area contributed by atoms with E-state index in [-0.39, 0.29) is 10.4 Å². The number of nitrogens with two attached hydrogens (primary N) is 1. The zero-order chi connectivity index (χ0) is 19.8. The first kappa shape index (κ1) is 19.1. The highest BCUT2D eigenvalue weighted by molar-refractivity contribution is 5.83. The summed E-state index contributed by atoms with van der Waals surface area (Å²) in [7, 11) is 3.16. The molecule has 152 valence electrons. The van der Waals surface area contributed by atoms with Gasteiger partial charge in [-0.3, -0.25) is 5.73 Å². The first-order chi connectivity index (χ1) is 13.6. The van der Waals surface area contributed by atoms with Gasteiger partial charge in [0.1, 0.15) is 13.1 Å². The van der Waals surface area contributed by atoms with Gasteiger partial charge in [0, 0.05) is 25.8 Å². The van der Waals surface area contributed by atoms with Crippen molar-refractivity contribution in [3.05, 3.63) is 17.7 Å².